The summed E-state index contributed by atoms with van der Waals surface area (Å²) in [6.07, 6.45) is -0.195. The third-order valence-corrected chi connectivity index (χ3v) is 6.47. The van der Waals surface area contributed by atoms with Crippen molar-refractivity contribution in [1.82, 2.24) is 0 Å². The molecule has 0 aliphatic rings. The first-order chi connectivity index (χ1) is 18.8. The van der Waals surface area contributed by atoms with E-state index in [4.69, 9.17) is 32.8 Å². The lowest BCUT2D eigenvalue weighted by molar-refractivity contribution is 0.196. The van der Waals surface area contributed by atoms with E-state index in [1.165, 1.54) is 41.6 Å². The molecule has 4 aromatic rings. The van der Waals surface area contributed by atoms with E-state index in [9.17, 15) is 9.18 Å². The molecule has 1 atom stereocenters. The van der Waals surface area contributed by atoms with Gasteiger partial charge in [-0.1, -0.05) is 19.1 Å². The first-order valence-electron chi connectivity index (χ1n) is 12.3. The summed E-state index contributed by atoms with van der Waals surface area (Å²) in [7, 11) is 7.43. The molecule has 0 amide bonds. The Kier molecular flexibility index (Phi) is 8.18. The van der Waals surface area contributed by atoms with Crippen LogP contribution in [0.4, 0.5) is 4.39 Å². The average molecular weight is 539 g/mol. The zero-order valence-corrected chi connectivity index (χ0v) is 23.0. The summed E-state index contributed by atoms with van der Waals surface area (Å²) in [5.41, 5.74) is 1.28. The van der Waals surface area contributed by atoms with Crippen molar-refractivity contribution in [3.05, 3.63) is 69.6 Å². The lowest BCUT2D eigenvalue weighted by Crippen LogP contribution is -2.15. The first kappa shape index (κ1) is 27.6. The quantitative estimate of drug-likeness (QED) is 0.227. The molecule has 0 aliphatic carbocycles. The van der Waals surface area contributed by atoms with Crippen LogP contribution in [-0.4, -0.2) is 35.5 Å². The number of halogens is 1. The molecule has 0 bridgehead atoms. The Balaban J connectivity index is 2.04. The minimum Gasteiger partial charge on any atom is -0.496 e. The topological polar surface area (TPSA) is 85.6 Å². The summed E-state index contributed by atoms with van der Waals surface area (Å²) in [5, 5.41) is 0.175. The number of methoxy groups -OCH3 is 5. The zero-order valence-electron chi connectivity index (χ0n) is 23.0. The van der Waals surface area contributed by atoms with E-state index < -0.39 is 11.5 Å². The molecule has 8 nitrogen and oxygen atoms in total. The van der Waals surface area contributed by atoms with Gasteiger partial charge in [-0.2, -0.15) is 0 Å². The van der Waals surface area contributed by atoms with Crippen molar-refractivity contribution < 1.29 is 37.2 Å². The van der Waals surface area contributed by atoms with Gasteiger partial charge >= 0.3 is 0 Å². The highest BCUT2D eigenvalue weighted by Crippen LogP contribution is 2.45. The fraction of sp³-hybridized carbons (Fsp3) is 0.300. The van der Waals surface area contributed by atoms with Gasteiger partial charge in [0.2, 0.25) is 16.9 Å². The van der Waals surface area contributed by atoms with E-state index in [1.807, 2.05) is 6.92 Å². The van der Waals surface area contributed by atoms with Crippen molar-refractivity contribution in [2.45, 2.75) is 26.4 Å². The Morgan fingerprint density at radius 3 is 2.03 bits per heavy atom. The standard InChI is InChI=1S/C30H31FO8/c1-8-21(17-10-9-16(2)20(31)11-17)38-30-27(32)26-22(34-4)14-19(33-3)15-23(26)39-28(30)18-12-24(35-5)29(37-7)25(13-18)36-6/h9-15,21H,8H2,1-7H3. The normalized spacial score (nSPS) is 11.7. The lowest BCUT2D eigenvalue weighted by Gasteiger charge is -2.21. The molecule has 0 saturated heterocycles. The molecule has 1 unspecified atom stereocenters. The summed E-state index contributed by atoms with van der Waals surface area (Å²) in [6.45, 7) is 3.57. The van der Waals surface area contributed by atoms with Gasteiger partial charge in [-0.05, 0) is 42.7 Å². The SMILES string of the molecule is CCC(Oc1c(-c2cc(OC)c(OC)c(OC)c2)oc2cc(OC)cc(OC)c2c1=O)c1ccc(C)c(F)c1. The molecule has 0 N–H and O–H groups in total. The average Bonchev–Trinajstić information content (AvgIpc) is 2.96. The minimum absolute atomic E-state index is 0.0759. The van der Waals surface area contributed by atoms with Crippen LogP contribution in [0.1, 0.15) is 30.6 Å². The van der Waals surface area contributed by atoms with E-state index >= 15 is 0 Å². The van der Waals surface area contributed by atoms with Gasteiger partial charge < -0.3 is 32.8 Å². The van der Waals surface area contributed by atoms with Crippen molar-refractivity contribution in [1.29, 1.82) is 0 Å². The smallest absolute Gasteiger partial charge is 0.239 e. The number of ether oxygens (including phenoxy) is 6. The van der Waals surface area contributed by atoms with Crippen LogP contribution >= 0.6 is 0 Å². The summed E-state index contributed by atoms with van der Waals surface area (Å²) in [4.78, 5) is 14.1. The van der Waals surface area contributed by atoms with Gasteiger partial charge in [-0.25, -0.2) is 4.39 Å². The van der Waals surface area contributed by atoms with Gasteiger partial charge in [0.25, 0.3) is 0 Å². The second-order valence-electron chi connectivity index (χ2n) is 8.73. The minimum atomic E-state index is -0.648. The summed E-state index contributed by atoms with van der Waals surface area (Å²) in [5.74, 6) is 1.47. The van der Waals surface area contributed by atoms with E-state index in [0.717, 1.165) is 0 Å². The highest BCUT2D eigenvalue weighted by molar-refractivity contribution is 5.89. The van der Waals surface area contributed by atoms with Gasteiger partial charge in [-0.15, -0.1) is 0 Å². The summed E-state index contributed by atoms with van der Waals surface area (Å²) >= 11 is 0. The largest absolute Gasteiger partial charge is 0.496 e. The lowest BCUT2D eigenvalue weighted by atomic mass is 10.0. The molecule has 3 aromatic carbocycles. The van der Waals surface area contributed by atoms with Crippen molar-refractivity contribution in [3.8, 4) is 45.8 Å². The van der Waals surface area contributed by atoms with Gasteiger partial charge in [0.1, 0.15) is 34.4 Å². The molecular weight excluding hydrogens is 507 g/mol. The fourth-order valence-electron chi connectivity index (χ4n) is 4.37. The third-order valence-electron chi connectivity index (χ3n) is 6.47. The maximum atomic E-state index is 14.5. The Hall–Kier alpha value is -4.40. The van der Waals surface area contributed by atoms with Gasteiger partial charge in [0, 0.05) is 17.7 Å². The van der Waals surface area contributed by atoms with E-state index in [-0.39, 0.29) is 34.0 Å². The number of aryl methyl sites for hydroxylation is 1. The predicted octanol–water partition coefficient (Wildman–Crippen LogP) is 6.48. The molecule has 0 spiro atoms. The van der Waals surface area contributed by atoms with Gasteiger partial charge in [0.15, 0.2) is 17.3 Å². The Labute approximate surface area is 225 Å². The van der Waals surface area contributed by atoms with E-state index in [2.05, 4.69) is 0 Å². The van der Waals surface area contributed by atoms with Crippen LogP contribution in [0.2, 0.25) is 0 Å². The summed E-state index contributed by atoms with van der Waals surface area (Å²) in [6, 6.07) is 11.4. The number of fused-ring (bicyclic) bond motifs is 1. The molecule has 9 heteroatoms. The van der Waals surface area contributed by atoms with Gasteiger partial charge in [0.05, 0.1) is 35.5 Å². The number of benzene rings is 3. The van der Waals surface area contributed by atoms with Crippen LogP contribution in [-0.2, 0) is 0 Å². The van der Waals surface area contributed by atoms with Crippen LogP contribution in [0.25, 0.3) is 22.3 Å². The fourth-order valence-corrected chi connectivity index (χ4v) is 4.37. The molecule has 0 fully saturated rings. The van der Waals surface area contributed by atoms with Crippen LogP contribution in [0.5, 0.6) is 34.5 Å². The van der Waals surface area contributed by atoms with Crippen molar-refractivity contribution in [2.24, 2.45) is 0 Å². The van der Waals surface area contributed by atoms with Crippen LogP contribution in [0.3, 0.4) is 0 Å². The van der Waals surface area contributed by atoms with Crippen molar-refractivity contribution in [2.75, 3.05) is 35.5 Å². The maximum absolute atomic E-state index is 14.5. The number of hydrogen-bond acceptors (Lipinski definition) is 8. The van der Waals surface area contributed by atoms with E-state index in [1.54, 1.807) is 43.3 Å². The second-order valence-corrected chi connectivity index (χ2v) is 8.73. The predicted molar refractivity (Wildman–Crippen MR) is 145 cm³/mol. The molecule has 0 aliphatic heterocycles. The highest BCUT2D eigenvalue weighted by Gasteiger charge is 2.26. The molecule has 4 rings (SSSR count). The zero-order chi connectivity index (χ0) is 28.3. The first-order valence-corrected chi connectivity index (χ1v) is 12.3. The molecule has 1 heterocycles. The van der Waals surface area contributed by atoms with Crippen molar-refractivity contribution in [3.63, 3.8) is 0 Å². The van der Waals surface area contributed by atoms with E-state index in [0.29, 0.717) is 46.1 Å². The molecule has 1 aromatic heterocycles. The van der Waals surface area contributed by atoms with Gasteiger partial charge in [-0.3, -0.25) is 4.79 Å². The van der Waals surface area contributed by atoms with Crippen molar-refractivity contribution >= 4 is 11.0 Å². The Bertz CT molecular complexity index is 1530. The van der Waals surface area contributed by atoms with Crippen LogP contribution in [0, 0.1) is 12.7 Å². The molecule has 0 saturated carbocycles. The molecule has 206 valence electrons. The number of rotatable bonds is 10. The molecular formula is C30H31FO8. The Morgan fingerprint density at radius 1 is 0.821 bits per heavy atom. The van der Waals surface area contributed by atoms with Crippen LogP contribution in [0.15, 0.2) is 51.7 Å². The van der Waals surface area contributed by atoms with Crippen LogP contribution < -0.4 is 33.8 Å². The third kappa shape index (κ3) is 5.16. The Morgan fingerprint density at radius 2 is 1.49 bits per heavy atom. The maximum Gasteiger partial charge on any atom is 0.239 e. The molecule has 39 heavy (non-hydrogen) atoms. The number of hydrogen-bond donors (Lipinski definition) is 0. The molecule has 0 radical (unpaired) electrons. The second kappa shape index (κ2) is 11.6. The summed E-state index contributed by atoms with van der Waals surface area (Å²) < 4.78 is 54.5. The highest BCUT2D eigenvalue weighted by atomic mass is 19.1. The monoisotopic (exact) mass is 538 g/mol.